The molecular weight excluding hydrogens is 461 g/mol. The van der Waals surface area contributed by atoms with Crippen LogP contribution < -0.4 is 9.47 Å². The van der Waals surface area contributed by atoms with E-state index in [2.05, 4.69) is 23.1 Å². The van der Waals surface area contributed by atoms with E-state index in [0.717, 1.165) is 54.6 Å². The molecule has 5 rings (SSSR count). The van der Waals surface area contributed by atoms with Crippen LogP contribution in [-0.4, -0.2) is 42.2 Å². The number of hydrogen-bond donors (Lipinski definition) is 1. The smallest absolute Gasteiger partial charge is 0.303 e. The monoisotopic (exact) mass is 491 g/mol. The second-order valence-corrected chi connectivity index (χ2v) is 9.84. The topological polar surface area (TPSA) is 59.0 Å². The lowest BCUT2D eigenvalue weighted by molar-refractivity contribution is -0.137. The zero-order valence-corrected chi connectivity index (χ0v) is 20.3. The van der Waals surface area contributed by atoms with E-state index in [1.165, 1.54) is 24.0 Å². The first kappa shape index (κ1) is 24.2. The van der Waals surface area contributed by atoms with Gasteiger partial charge < -0.3 is 19.5 Å². The van der Waals surface area contributed by atoms with Crippen molar-refractivity contribution < 1.29 is 19.4 Å². The maximum absolute atomic E-state index is 10.8. The molecule has 1 saturated heterocycles. The highest BCUT2D eigenvalue weighted by atomic mass is 35.5. The molecule has 1 saturated carbocycles. The molecule has 0 radical (unpaired) electrons. The quantitative estimate of drug-likeness (QED) is 0.504. The number of likely N-dealkylation sites (tertiary alicyclic amines) is 1. The Hall–Kier alpha value is -1.95. The molecule has 0 aromatic heterocycles. The van der Waals surface area contributed by atoms with Gasteiger partial charge in [-0.25, -0.2) is 0 Å². The molecule has 33 heavy (non-hydrogen) atoms. The van der Waals surface area contributed by atoms with E-state index in [9.17, 15) is 4.79 Å². The summed E-state index contributed by atoms with van der Waals surface area (Å²) < 4.78 is 12.3. The van der Waals surface area contributed by atoms with Crippen LogP contribution >= 0.6 is 24.0 Å². The summed E-state index contributed by atoms with van der Waals surface area (Å²) >= 11 is 6.48. The zero-order valence-electron chi connectivity index (χ0n) is 18.7. The van der Waals surface area contributed by atoms with E-state index in [1.54, 1.807) is 0 Å². The number of ether oxygens (including phenoxy) is 2. The van der Waals surface area contributed by atoms with Gasteiger partial charge in [0.2, 0.25) is 0 Å². The van der Waals surface area contributed by atoms with Crippen LogP contribution in [0.3, 0.4) is 0 Å². The Morgan fingerprint density at radius 2 is 2.00 bits per heavy atom. The van der Waals surface area contributed by atoms with Gasteiger partial charge in [-0.05, 0) is 75.4 Å². The highest BCUT2D eigenvalue weighted by molar-refractivity contribution is 6.31. The zero-order chi connectivity index (χ0) is 22.1. The van der Waals surface area contributed by atoms with E-state index in [-0.39, 0.29) is 24.2 Å². The molecule has 0 atom stereocenters. The number of aliphatic carboxylic acids is 1. The third kappa shape index (κ3) is 5.26. The Labute approximate surface area is 206 Å². The van der Waals surface area contributed by atoms with E-state index in [4.69, 9.17) is 26.2 Å². The number of fused-ring (bicyclic) bond motifs is 2. The van der Waals surface area contributed by atoms with Gasteiger partial charge in [-0.3, -0.25) is 4.79 Å². The molecule has 0 unspecified atom stereocenters. The van der Waals surface area contributed by atoms with Crippen molar-refractivity contribution in [3.05, 3.63) is 58.1 Å². The molecule has 1 N–H and O–H groups in total. The van der Waals surface area contributed by atoms with Gasteiger partial charge in [0.25, 0.3) is 0 Å². The fourth-order valence-corrected chi connectivity index (χ4v) is 5.41. The van der Waals surface area contributed by atoms with Gasteiger partial charge >= 0.3 is 5.97 Å². The summed E-state index contributed by atoms with van der Waals surface area (Å²) in [6.07, 6.45) is 5.50. The standard InChI is InChI=1S/C26H30ClNO4.ClH/c27-23-4-1-3-20(18-6-7-18)21(23)16-31-19-8-9-22-24(15-19)32-17-26(22)10-13-28(14-11-26)12-2-5-25(29)30;/h1,3-4,8-9,15,18H,2,5-7,10-14,16-17H2,(H,29,30);1H. The number of halogens is 2. The van der Waals surface area contributed by atoms with Crippen molar-refractivity contribution in [1.29, 1.82) is 0 Å². The Morgan fingerprint density at radius 1 is 1.21 bits per heavy atom. The molecule has 1 aliphatic carbocycles. The van der Waals surface area contributed by atoms with Gasteiger partial charge in [0.05, 0.1) is 6.61 Å². The van der Waals surface area contributed by atoms with Crippen LogP contribution in [-0.2, 0) is 16.8 Å². The molecule has 1 spiro atoms. The van der Waals surface area contributed by atoms with E-state index < -0.39 is 5.97 Å². The van der Waals surface area contributed by atoms with Crippen LogP contribution in [0.25, 0.3) is 0 Å². The van der Waals surface area contributed by atoms with Gasteiger partial charge in [0.1, 0.15) is 18.1 Å². The number of nitrogens with zero attached hydrogens (tertiary/aromatic N) is 1. The summed E-state index contributed by atoms with van der Waals surface area (Å²) in [6.45, 7) is 4.01. The molecular formula is C26H31Cl2NO4. The Morgan fingerprint density at radius 3 is 2.73 bits per heavy atom. The number of piperidine rings is 1. The predicted octanol–water partition coefficient (Wildman–Crippen LogP) is 5.81. The fourth-order valence-electron chi connectivity index (χ4n) is 5.18. The Kier molecular flexibility index (Phi) is 7.42. The second kappa shape index (κ2) is 10.1. The molecule has 5 nitrogen and oxygen atoms in total. The van der Waals surface area contributed by atoms with Crippen LogP contribution in [0.5, 0.6) is 11.5 Å². The fraction of sp³-hybridized carbons (Fsp3) is 0.500. The number of benzene rings is 2. The number of hydrogen-bond acceptors (Lipinski definition) is 4. The number of carboxylic acids is 1. The average Bonchev–Trinajstić information content (AvgIpc) is 3.58. The molecule has 2 aromatic rings. The van der Waals surface area contributed by atoms with E-state index in [1.807, 2.05) is 18.2 Å². The lowest BCUT2D eigenvalue weighted by Crippen LogP contribution is -2.43. The van der Waals surface area contributed by atoms with Crippen molar-refractivity contribution in [2.45, 2.75) is 56.5 Å². The number of carbonyl (C=O) groups is 1. The maximum atomic E-state index is 10.8. The van der Waals surface area contributed by atoms with Crippen molar-refractivity contribution >= 4 is 30.0 Å². The summed E-state index contributed by atoms with van der Waals surface area (Å²) in [5.74, 6) is 1.66. The largest absolute Gasteiger partial charge is 0.492 e. The van der Waals surface area contributed by atoms with Gasteiger partial charge in [-0.2, -0.15) is 0 Å². The second-order valence-electron chi connectivity index (χ2n) is 9.44. The van der Waals surface area contributed by atoms with Gasteiger partial charge in [0.15, 0.2) is 0 Å². The molecule has 2 fully saturated rings. The van der Waals surface area contributed by atoms with Gasteiger partial charge in [0, 0.05) is 34.1 Å². The van der Waals surface area contributed by atoms with Crippen LogP contribution in [0.1, 0.15) is 61.1 Å². The molecule has 2 aliphatic heterocycles. The number of rotatable bonds is 8. The third-order valence-corrected chi connectivity index (χ3v) is 7.62. The first-order chi connectivity index (χ1) is 15.5. The summed E-state index contributed by atoms with van der Waals surface area (Å²) in [7, 11) is 0. The van der Waals surface area contributed by atoms with Crippen molar-refractivity contribution in [3.63, 3.8) is 0 Å². The van der Waals surface area contributed by atoms with Gasteiger partial charge in [-0.15, -0.1) is 12.4 Å². The van der Waals surface area contributed by atoms with Gasteiger partial charge in [-0.1, -0.05) is 29.8 Å². The molecule has 2 aromatic carbocycles. The van der Waals surface area contributed by atoms with Crippen molar-refractivity contribution in [3.8, 4) is 11.5 Å². The average molecular weight is 492 g/mol. The summed E-state index contributed by atoms with van der Waals surface area (Å²) in [6, 6.07) is 12.4. The van der Waals surface area contributed by atoms with Crippen molar-refractivity contribution in [2.75, 3.05) is 26.2 Å². The summed E-state index contributed by atoms with van der Waals surface area (Å²) in [5, 5.41) is 9.63. The molecule has 178 valence electrons. The number of carboxylic acid groups (broad SMARTS) is 1. The highest BCUT2D eigenvalue weighted by Crippen LogP contribution is 2.47. The van der Waals surface area contributed by atoms with Crippen LogP contribution in [0.15, 0.2) is 36.4 Å². The van der Waals surface area contributed by atoms with Crippen LogP contribution in [0.2, 0.25) is 5.02 Å². The Bertz CT molecular complexity index is 1000. The minimum atomic E-state index is -0.715. The first-order valence-electron chi connectivity index (χ1n) is 11.7. The lowest BCUT2D eigenvalue weighted by atomic mass is 9.74. The molecule has 0 bridgehead atoms. The van der Waals surface area contributed by atoms with E-state index >= 15 is 0 Å². The summed E-state index contributed by atoms with van der Waals surface area (Å²) in [4.78, 5) is 13.1. The minimum absolute atomic E-state index is 0. The first-order valence-corrected chi connectivity index (χ1v) is 12.0. The third-order valence-electron chi connectivity index (χ3n) is 7.26. The molecule has 0 amide bonds. The minimum Gasteiger partial charge on any atom is -0.492 e. The molecule has 7 heteroatoms. The highest BCUT2D eigenvalue weighted by Gasteiger charge is 2.43. The lowest BCUT2D eigenvalue weighted by Gasteiger charge is -2.38. The predicted molar refractivity (Wildman–Crippen MR) is 131 cm³/mol. The normalized spacial score (nSPS) is 18.9. The Balaban J connectivity index is 0.00000259. The summed E-state index contributed by atoms with van der Waals surface area (Å²) in [5.41, 5.74) is 3.78. The van der Waals surface area contributed by atoms with Crippen molar-refractivity contribution in [2.24, 2.45) is 0 Å². The van der Waals surface area contributed by atoms with Crippen LogP contribution in [0, 0.1) is 0 Å². The SMILES string of the molecule is Cl.O=C(O)CCCN1CCC2(CC1)COc1cc(OCc3c(Cl)cccc3C3CC3)ccc12. The molecule has 2 heterocycles. The van der Waals surface area contributed by atoms with Crippen LogP contribution in [0.4, 0.5) is 0 Å². The van der Waals surface area contributed by atoms with E-state index in [0.29, 0.717) is 25.6 Å². The van der Waals surface area contributed by atoms with Crippen molar-refractivity contribution in [1.82, 2.24) is 4.90 Å². The molecule has 3 aliphatic rings. The maximum Gasteiger partial charge on any atom is 0.303 e.